The summed E-state index contributed by atoms with van der Waals surface area (Å²) in [6.45, 7) is 5.68. The lowest BCUT2D eigenvalue weighted by Gasteiger charge is -2.53. The Kier molecular flexibility index (Phi) is 4.94. The first kappa shape index (κ1) is 20.6. The molecule has 0 aromatic carbocycles. The van der Waals surface area contributed by atoms with Gasteiger partial charge in [-0.05, 0) is 63.2 Å². The topological polar surface area (TPSA) is 97.3 Å². The Labute approximate surface area is 184 Å². The second-order valence-corrected chi connectivity index (χ2v) is 10.2. The van der Waals surface area contributed by atoms with Gasteiger partial charge in [0.05, 0.1) is 0 Å². The molecule has 3 aliphatic carbocycles. The van der Waals surface area contributed by atoms with E-state index in [-0.39, 0.29) is 35.5 Å². The molecule has 6 aliphatic rings. The molecular weight excluding hydrogens is 394 g/mol. The van der Waals surface area contributed by atoms with E-state index in [0.717, 1.165) is 81.7 Å². The van der Waals surface area contributed by atoms with Gasteiger partial charge in [0.2, 0.25) is 0 Å². The van der Waals surface area contributed by atoms with Crippen LogP contribution >= 0.6 is 0 Å². The molecule has 8 nitrogen and oxygen atoms in total. The van der Waals surface area contributed by atoms with Gasteiger partial charge in [0.15, 0.2) is 6.17 Å². The fourth-order valence-electron chi connectivity index (χ4n) is 6.43. The number of urea groups is 1. The zero-order chi connectivity index (χ0) is 21.8. The van der Waals surface area contributed by atoms with Gasteiger partial charge < -0.3 is 15.7 Å². The van der Waals surface area contributed by atoms with Crippen LogP contribution in [0.4, 0.5) is 4.79 Å². The van der Waals surface area contributed by atoms with Gasteiger partial charge in [-0.15, -0.1) is 0 Å². The van der Waals surface area contributed by atoms with Crippen molar-refractivity contribution in [1.29, 1.82) is 0 Å². The Morgan fingerprint density at radius 1 is 1.19 bits per heavy atom. The monoisotopic (exact) mass is 429 g/mol. The van der Waals surface area contributed by atoms with Crippen LogP contribution in [0.5, 0.6) is 0 Å². The third kappa shape index (κ3) is 3.21. The zero-order valence-electron chi connectivity index (χ0n) is 18.7. The van der Waals surface area contributed by atoms with E-state index in [4.69, 9.17) is 10.1 Å². The van der Waals surface area contributed by atoms with E-state index in [2.05, 4.69) is 24.5 Å². The highest BCUT2D eigenvalue weighted by Crippen LogP contribution is 2.59. The fourth-order valence-corrected chi connectivity index (χ4v) is 6.43. The number of rotatable bonds is 7. The van der Waals surface area contributed by atoms with Gasteiger partial charge in [-0.1, -0.05) is 13.8 Å². The van der Waals surface area contributed by atoms with E-state index in [1.54, 1.807) is 0 Å². The molecule has 31 heavy (non-hydrogen) atoms. The standard InChI is InChI=1S/C23H35N5O3/c1-3-13-27-19-17(18-24-15(4-2)14-28(18)21(27)31)25-20(26-19)23-10-7-22(8-11-23,9-12-23)6-5-16(29)30/h15,19,24H,3-14H2,1-2H3,(H,25,26)(H,29,30). The van der Waals surface area contributed by atoms with Crippen molar-refractivity contribution in [3.05, 3.63) is 11.5 Å². The first-order valence-corrected chi connectivity index (χ1v) is 12.1. The number of hydrogen-bond donors (Lipinski definition) is 3. The number of carboxylic acid groups (broad SMARTS) is 1. The summed E-state index contributed by atoms with van der Waals surface area (Å²) in [6, 6.07) is 0.357. The Hall–Kier alpha value is -2.25. The lowest BCUT2D eigenvalue weighted by Crippen LogP contribution is -2.53. The van der Waals surface area contributed by atoms with Crippen LogP contribution < -0.4 is 10.6 Å². The number of carbonyl (C=O) groups excluding carboxylic acids is 1. The molecule has 0 aromatic heterocycles. The molecule has 0 radical (unpaired) electrons. The summed E-state index contributed by atoms with van der Waals surface area (Å²) < 4.78 is 0. The highest BCUT2D eigenvalue weighted by molar-refractivity contribution is 5.94. The summed E-state index contributed by atoms with van der Waals surface area (Å²) in [6.07, 6.45) is 9.14. The van der Waals surface area contributed by atoms with Gasteiger partial charge in [0, 0.05) is 31.0 Å². The summed E-state index contributed by atoms with van der Waals surface area (Å²) in [5.74, 6) is 1.30. The number of amides is 2. The molecule has 3 N–H and O–H groups in total. The molecular formula is C23H35N5O3. The van der Waals surface area contributed by atoms with Crippen LogP contribution in [0.1, 0.15) is 78.1 Å². The molecule has 4 fully saturated rings. The SMILES string of the molecule is CCCN1C(=O)N2CC(CC)NC2=C2NC(C34CCC(CCC(=O)O)(CC3)CC4)=NC21. The van der Waals surface area contributed by atoms with Crippen LogP contribution in [-0.4, -0.2) is 58.0 Å². The smallest absolute Gasteiger partial charge is 0.327 e. The quantitative estimate of drug-likeness (QED) is 0.577. The van der Waals surface area contributed by atoms with Crippen LogP contribution in [0.2, 0.25) is 0 Å². The number of aliphatic carboxylic acids is 1. The third-order valence-corrected chi connectivity index (χ3v) is 8.53. The molecule has 1 saturated heterocycles. The summed E-state index contributed by atoms with van der Waals surface area (Å²) in [5.41, 5.74) is 1.29. The van der Waals surface area contributed by atoms with Crippen LogP contribution in [0.25, 0.3) is 0 Å². The maximum atomic E-state index is 13.2. The Bertz CT molecular complexity index is 826. The zero-order valence-corrected chi connectivity index (χ0v) is 18.7. The average Bonchev–Trinajstić information content (AvgIpc) is 3.42. The van der Waals surface area contributed by atoms with Gasteiger partial charge in [-0.2, -0.15) is 0 Å². The highest BCUT2D eigenvalue weighted by atomic mass is 16.4. The van der Waals surface area contributed by atoms with E-state index >= 15 is 0 Å². The van der Waals surface area contributed by atoms with Gasteiger partial charge in [-0.25, -0.2) is 9.79 Å². The second kappa shape index (κ2) is 7.41. The summed E-state index contributed by atoms with van der Waals surface area (Å²) in [5, 5.41) is 16.4. The van der Waals surface area contributed by atoms with Crippen molar-refractivity contribution in [3.8, 4) is 0 Å². The molecule has 170 valence electrons. The minimum absolute atomic E-state index is 0.0460. The highest BCUT2D eigenvalue weighted by Gasteiger charge is 2.54. The van der Waals surface area contributed by atoms with Gasteiger partial charge in [0.1, 0.15) is 17.4 Å². The number of amidine groups is 1. The van der Waals surface area contributed by atoms with E-state index in [1.807, 2.05) is 9.80 Å². The van der Waals surface area contributed by atoms with E-state index in [0.29, 0.717) is 6.54 Å². The van der Waals surface area contributed by atoms with E-state index in [1.165, 1.54) is 0 Å². The molecule has 2 unspecified atom stereocenters. The first-order chi connectivity index (χ1) is 14.9. The van der Waals surface area contributed by atoms with Gasteiger partial charge >= 0.3 is 12.0 Å². The fraction of sp³-hybridized carbons (Fsp3) is 0.783. The molecule has 6 rings (SSSR count). The molecule has 2 atom stereocenters. The molecule has 2 bridgehead atoms. The number of carbonyl (C=O) groups is 2. The van der Waals surface area contributed by atoms with Crippen molar-refractivity contribution in [2.24, 2.45) is 15.8 Å². The van der Waals surface area contributed by atoms with Gasteiger partial charge in [-0.3, -0.25) is 14.6 Å². The Balaban J connectivity index is 1.40. The normalized spacial score (nSPS) is 36.2. The second-order valence-electron chi connectivity index (χ2n) is 10.2. The number of aliphatic imine (C=N–C) groups is 1. The first-order valence-electron chi connectivity index (χ1n) is 12.1. The maximum absolute atomic E-state index is 13.2. The van der Waals surface area contributed by atoms with Crippen molar-refractivity contribution in [3.63, 3.8) is 0 Å². The minimum atomic E-state index is -0.684. The van der Waals surface area contributed by atoms with Crippen LogP contribution in [0, 0.1) is 10.8 Å². The minimum Gasteiger partial charge on any atom is -0.481 e. The molecule has 2 amide bonds. The Morgan fingerprint density at radius 3 is 2.52 bits per heavy atom. The number of carboxylic acids is 1. The third-order valence-electron chi connectivity index (χ3n) is 8.53. The van der Waals surface area contributed by atoms with Crippen LogP contribution in [-0.2, 0) is 4.79 Å². The van der Waals surface area contributed by atoms with Crippen molar-refractivity contribution < 1.29 is 14.7 Å². The largest absolute Gasteiger partial charge is 0.481 e. The molecule has 3 heterocycles. The van der Waals surface area contributed by atoms with Crippen molar-refractivity contribution in [2.75, 3.05) is 13.1 Å². The number of nitrogens with one attached hydrogen (secondary N) is 2. The van der Waals surface area contributed by atoms with Crippen LogP contribution in [0.15, 0.2) is 16.5 Å². The van der Waals surface area contributed by atoms with Crippen molar-refractivity contribution in [2.45, 2.75) is 90.3 Å². The number of fused-ring (bicyclic) bond motifs is 5. The maximum Gasteiger partial charge on any atom is 0.327 e. The summed E-state index contributed by atoms with van der Waals surface area (Å²) in [7, 11) is 0. The molecule has 3 saturated carbocycles. The van der Waals surface area contributed by atoms with Crippen molar-refractivity contribution in [1.82, 2.24) is 20.4 Å². The average molecular weight is 430 g/mol. The predicted molar refractivity (Wildman–Crippen MR) is 117 cm³/mol. The Morgan fingerprint density at radius 2 is 1.90 bits per heavy atom. The van der Waals surface area contributed by atoms with E-state index in [9.17, 15) is 9.59 Å². The molecule has 8 heteroatoms. The number of hydrogen-bond acceptors (Lipinski definition) is 5. The van der Waals surface area contributed by atoms with Crippen LogP contribution in [0.3, 0.4) is 0 Å². The number of nitrogens with zero attached hydrogens (tertiary/aromatic N) is 3. The summed E-state index contributed by atoms with van der Waals surface area (Å²) in [4.78, 5) is 33.3. The molecule has 0 aromatic rings. The molecule has 3 aliphatic heterocycles. The lowest BCUT2D eigenvalue weighted by molar-refractivity contribution is -0.138. The lowest BCUT2D eigenvalue weighted by atomic mass is 9.52. The van der Waals surface area contributed by atoms with E-state index < -0.39 is 5.97 Å². The van der Waals surface area contributed by atoms with Gasteiger partial charge in [0.25, 0.3) is 0 Å². The molecule has 0 spiro atoms. The summed E-state index contributed by atoms with van der Waals surface area (Å²) >= 11 is 0. The predicted octanol–water partition coefficient (Wildman–Crippen LogP) is 3.22. The van der Waals surface area contributed by atoms with Crippen molar-refractivity contribution >= 4 is 17.8 Å².